The van der Waals surface area contributed by atoms with E-state index in [4.69, 9.17) is 9.26 Å². The van der Waals surface area contributed by atoms with Crippen molar-refractivity contribution in [3.05, 3.63) is 60.2 Å². The maximum Gasteiger partial charge on any atom is 0.257 e. The Morgan fingerprint density at radius 2 is 2.11 bits per heavy atom. The van der Waals surface area contributed by atoms with Crippen LogP contribution in [0.15, 0.2) is 53.3 Å². The summed E-state index contributed by atoms with van der Waals surface area (Å²) < 4.78 is 11.3. The summed E-state index contributed by atoms with van der Waals surface area (Å²) in [6.45, 7) is 1.78. The molecular weight excluding hydrogens is 358 g/mol. The van der Waals surface area contributed by atoms with Crippen molar-refractivity contribution < 1.29 is 14.1 Å². The summed E-state index contributed by atoms with van der Waals surface area (Å²) in [6, 6.07) is 11.3. The van der Waals surface area contributed by atoms with Gasteiger partial charge < -0.3 is 14.2 Å². The summed E-state index contributed by atoms with van der Waals surface area (Å²) in [5.41, 5.74) is 1.45. The van der Waals surface area contributed by atoms with Crippen LogP contribution in [0.3, 0.4) is 0 Å². The largest absolute Gasteiger partial charge is 0.376 e. The summed E-state index contributed by atoms with van der Waals surface area (Å²) >= 11 is 0. The number of piperidine rings is 1. The van der Waals surface area contributed by atoms with Crippen LogP contribution in [0.25, 0.3) is 11.5 Å². The van der Waals surface area contributed by atoms with Gasteiger partial charge in [-0.2, -0.15) is 15.2 Å². The molecule has 144 valence electrons. The molecule has 0 aliphatic carbocycles. The Balaban J connectivity index is 1.27. The molecule has 1 amide bonds. The lowest BCUT2D eigenvalue weighted by molar-refractivity contribution is 0.00249. The van der Waals surface area contributed by atoms with Gasteiger partial charge >= 0.3 is 0 Å². The van der Waals surface area contributed by atoms with Crippen LogP contribution in [0.5, 0.6) is 0 Å². The number of hydrogen-bond donors (Lipinski definition) is 0. The molecule has 1 fully saturated rings. The number of carbonyl (C=O) groups excluding carboxylic acids is 1. The van der Waals surface area contributed by atoms with Crippen molar-refractivity contribution in [3.8, 4) is 11.5 Å². The van der Waals surface area contributed by atoms with Crippen LogP contribution < -0.4 is 0 Å². The van der Waals surface area contributed by atoms with Crippen molar-refractivity contribution in [3.63, 3.8) is 0 Å². The van der Waals surface area contributed by atoms with Gasteiger partial charge in [-0.05, 0) is 31.0 Å². The number of rotatable bonds is 6. The number of hydrogen-bond acceptors (Lipinski definition) is 7. The van der Waals surface area contributed by atoms with E-state index in [9.17, 15) is 4.79 Å². The van der Waals surface area contributed by atoms with Gasteiger partial charge in [-0.1, -0.05) is 23.4 Å². The molecule has 2 aromatic heterocycles. The van der Waals surface area contributed by atoms with Gasteiger partial charge in [0.15, 0.2) is 5.82 Å². The third-order valence-corrected chi connectivity index (χ3v) is 4.66. The molecule has 1 aliphatic heterocycles. The predicted molar refractivity (Wildman–Crippen MR) is 100 cm³/mol. The first kappa shape index (κ1) is 18.2. The monoisotopic (exact) mass is 379 g/mol. The minimum absolute atomic E-state index is 0.00740. The maximum absolute atomic E-state index is 12.5. The Kier molecular flexibility index (Phi) is 5.67. The molecule has 0 N–H and O–H groups in total. The van der Waals surface area contributed by atoms with Crippen LogP contribution >= 0.6 is 0 Å². The molecule has 1 aromatic carbocycles. The van der Waals surface area contributed by atoms with E-state index in [1.807, 2.05) is 35.2 Å². The Labute approximate surface area is 162 Å². The highest BCUT2D eigenvalue weighted by Crippen LogP contribution is 2.18. The summed E-state index contributed by atoms with van der Waals surface area (Å²) in [5, 5.41) is 11.5. The molecule has 3 aromatic rings. The van der Waals surface area contributed by atoms with Gasteiger partial charge in [0, 0.05) is 25.1 Å². The molecule has 1 atom stereocenters. The number of benzene rings is 1. The van der Waals surface area contributed by atoms with Crippen molar-refractivity contribution in [1.29, 1.82) is 0 Å². The Morgan fingerprint density at radius 3 is 2.93 bits per heavy atom. The topological polar surface area (TPSA) is 94.2 Å². The van der Waals surface area contributed by atoms with Crippen LogP contribution in [-0.2, 0) is 11.2 Å². The minimum atomic E-state index is -0.0335. The van der Waals surface area contributed by atoms with Crippen molar-refractivity contribution in [2.24, 2.45) is 0 Å². The van der Waals surface area contributed by atoms with E-state index in [0.29, 0.717) is 36.9 Å². The first-order chi connectivity index (χ1) is 13.8. The van der Waals surface area contributed by atoms with Crippen LogP contribution in [0.2, 0.25) is 0 Å². The summed E-state index contributed by atoms with van der Waals surface area (Å²) in [6.07, 6.45) is 5.44. The molecule has 3 heterocycles. The van der Waals surface area contributed by atoms with E-state index in [2.05, 4.69) is 20.3 Å². The Morgan fingerprint density at radius 1 is 1.21 bits per heavy atom. The molecule has 1 aliphatic rings. The average Bonchev–Trinajstić information content (AvgIpc) is 3.24. The molecule has 4 rings (SSSR count). The molecule has 28 heavy (non-hydrogen) atoms. The van der Waals surface area contributed by atoms with Gasteiger partial charge in [-0.3, -0.25) is 4.79 Å². The second-order valence-corrected chi connectivity index (χ2v) is 6.65. The second kappa shape index (κ2) is 8.71. The van der Waals surface area contributed by atoms with Crippen molar-refractivity contribution in [2.75, 3.05) is 19.7 Å². The third-order valence-electron chi connectivity index (χ3n) is 4.66. The van der Waals surface area contributed by atoms with Crippen LogP contribution in [-0.4, -0.2) is 56.9 Å². The molecular formula is C20H21N5O3. The van der Waals surface area contributed by atoms with Crippen molar-refractivity contribution in [1.82, 2.24) is 25.2 Å². The molecule has 8 nitrogen and oxygen atoms in total. The highest BCUT2D eigenvalue weighted by atomic mass is 16.5. The quantitative estimate of drug-likeness (QED) is 0.649. The fourth-order valence-corrected chi connectivity index (χ4v) is 3.23. The van der Waals surface area contributed by atoms with Gasteiger partial charge in [0.2, 0.25) is 0 Å². The molecule has 1 unspecified atom stereocenters. The number of likely N-dealkylation sites (tertiary alicyclic amines) is 1. The average molecular weight is 379 g/mol. The fraction of sp³-hybridized carbons (Fsp3) is 0.350. The van der Waals surface area contributed by atoms with Gasteiger partial charge in [0.1, 0.15) is 0 Å². The first-order valence-corrected chi connectivity index (χ1v) is 9.35. The smallest absolute Gasteiger partial charge is 0.257 e. The van der Waals surface area contributed by atoms with Gasteiger partial charge in [0.05, 0.1) is 30.7 Å². The highest BCUT2D eigenvalue weighted by Gasteiger charge is 2.25. The van der Waals surface area contributed by atoms with Gasteiger partial charge in [-0.15, -0.1) is 0 Å². The zero-order valence-electron chi connectivity index (χ0n) is 15.4. The van der Waals surface area contributed by atoms with Crippen LogP contribution in [0, 0.1) is 0 Å². The number of amides is 1. The zero-order chi connectivity index (χ0) is 19.2. The summed E-state index contributed by atoms with van der Waals surface area (Å²) in [7, 11) is 0. The van der Waals surface area contributed by atoms with E-state index >= 15 is 0 Å². The summed E-state index contributed by atoms with van der Waals surface area (Å²) in [5.74, 6) is 1.09. The van der Waals surface area contributed by atoms with Crippen molar-refractivity contribution >= 4 is 5.91 Å². The highest BCUT2D eigenvalue weighted by molar-refractivity contribution is 5.93. The van der Waals surface area contributed by atoms with Crippen LogP contribution in [0.4, 0.5) is 0 Å². The van der Waals surface area contributed by atoms with E-state index in [-0.39, 0.29) is 12.0 Å². The van der Waals surface area contributed by atoms with E-state index in [1.54, 1.807) is 6.07 Å². The van der Waals surface area contributed by atoms with E-state index < -0.39 is 0 Å². The molecule has 0 spiro atoms. The lowest BCUT2D eigenvalue weighted by Gasteiger charge is -2.32. The predicted octanol–water partition coefficient (Wildman–Crippen LogP) is 2.39. The normalized spacial score (nSPS) is 16.9. The summed E-state index contributed by atoms with van der Waals surface area (Å²) in [4.78, 5) is 18.8. The number of aromatic nitrogens is 4. The standard InChI is InChI=1S/C20H21N5O3/c26-20(16-8-10-21-22-13-16)25-11-4-7-17(14-25)27-12-9-18-23-19(28-24-18)15-5-2-1-3-6-15/h1-3,5-6,8,10,13,17H,4,7,9,11-12,14H2. The molecule has 8 heteroatoms. The zero-order valence-corrected chi connectivity index (χ0v) is 15.4. The van der Waals surface area contributed by atoms with E-state index in [0.717, 1.165) is 24.9 Å². The second-order valence-electron chi connectivity index (χ2n) is 6.65. The molecule has 0 bridgehead atoms. The Hall–Kier alpha value is -3.13. The fourth-order valence-electron chi connectivity index (χ4n) is 3.23. The van der Waals surface area contributed by atoms with Crippen LogP contribution in [0.1, 0.15) is 29.0 Å². The Bertz CT molecular complexity index is 900. The lowest BCUT2D eigenvalue weighted by Crippen LogP contribution is -2.43. The molecule has 0 saturated carbocycles. The first-order valence-electron chi connectivity index (χ1n) is 9.35. The lowest BCUT2D eigenvalue weighted by atomic mass is 10.1. The number of nitrogens with zero attached hydrogens (tertiary/aromatic N) is 5. The maximum atomic E-state index is 12.5. The number of carbonyl (C=O) groups is 1. The minimum Gasteiger partial charge on any atom is -0.376 e. The molecule has 0 radical (unpaired) electrons. The van der Waals surface area contributed by atoms with Crippen molar-refractivity contribution in [2.45, 2.75) is 25.4 Å². The molecule has 1 saturated heterocycles. The van der Waals surface area contributed by atoms with E-state index in [1.165, 1.54) is 12.4 Å². The SMILES string of the molecule is O=C(c1ccnnc1)N1CCCC(OCCc2noc(-c3ccccc3)n2)C1. The third kappa shape index (κ3) is 4.40. The number of ether oxygens (including phenoxy) is 1. The van der Waals surface area contributed by atoms with Gasteiger partial charge in [0.25, 0.3) is 11.8 Å². The van der Waals surface area contributed by atoms with Gasteiger partial charge in [-0.25, -0.2) is 0 Å².